The van der Waals surface area contributed by atoms with Crippen molar-refractivity contribution in [2.45, 2.75) is 19.1 Å². The third-order valence-corrected chi connectivity index (χ3v) is 2.74. The van der Waals surface area contributed by atoms with Gasteiger partial charge in [-0.15, -0.1) is 0 Å². The first-order valence-electron chi connectivity index (χ1n) is 5.69. The molecule has 0 aliphatic heterocycles. The van der Waals surface area contributed by atoms with Crippen LogP contribution in [-0.2, 0) is 12.1 Å². The smallest absolute Gasteiger partial charge is 0.117 e. The maximum atomic E-state index is 10.3. The lowest BCUT2D eigenvalue weighted by molar-refractivity contribution is 0.0562. The third-order valence-electron chi connectivity index (χ3n) is 2.74. The summed E-state index contributed by atoms with van der Waals surface area (Å²) in [7, 11) is 0. The van der Waals surface area contributed by atoms with Crippen molar-refractivity contribution >= 4 is 0 Å². The van der Waals surface area contributed by atoms with E-state index < -0.39 is 5.60 Å². The van der Waals surface area contributed by atoms with E-state index in [2.05, 4.69) is 5.32 Å². The average Bonchev–Trinajstić information content (AvgIpc) is 2.83. The molecule has 3 nitrogen and oxygen atoms in total. The van der Waals surface area contributed by atoms with Crippen LogP contribution in [0.15, 0.2) is 53.1 Å². The Balaban J connectivity index is 1.90. The fourth-order valence-corrected chi connectivity index (χ4v) is 1.74. The summed E-state index contributed by atoms with van der Waals surface area (Å²) < 4.78 is 5.21. The lowest BCUT2D eigenvalue weighted by atomic mass is 9.96. The van der Waals surface area contributed by atoms with Gasteiger partial charge in [-0.25, -0.2) is 0 Å². The predicted octanol–water partition coefficient (Wildman–Crippen LogP) is 2.28. The minimum absolute atomic E-state index is 0.484. The number of furan rings is 1. The summed E-state index contributed by atoms with van der Waals surface area (Å²) in [6.07, 6.45) is 1.65. The van der Waals surface area contributed by atoms with Crippen molar-refractivity contribution in [1.82, 2.24) is 5.32 Å². The Hall–Kier alpha value is -1.58. The highest BCUT2D eigenvalue weighted by Crippen LogP contribution is 2.19. The number of benzene rings is 1. The highest BCUT2D eigenvalue weighted by atomic mass is 16.3. The molecule has 0 aliphatic carbocycles. The second kappa shape index (κ2) is 5.17. The number of rotatable bonds is 5. The quantitative estimate of drug-likeness (QED) is 0.829. The molecule has 1 atom stereocenters. The molecule has 0 fully saturated rings. The van der Waals surface area contributed by atoms with Gasteiger partial charge in [-0.3, -0.25) is 0 Å². The molecule has 1 unspecified atom stereocenters. The standard InChI is InChI=1S/C14H17NO2/c1-14(16,12-6-3-2-4-7-12)11-15-10-13-8-5-9-17-13/h2-9,15-16H,10-11H2,1H3. The van der Waals surface area contributed by atoms with Crippen LogP contribution in [0.3, 0.4) is 0 Å². The molecular weight excluding hydrogens is 214 g/mol. The van der Waals surface area contributed by atoms with Gasteiger partial charge in [0, 0.05) is 6.54 Å². The molecule has 0 bridgehead atoms. The maximum absolute atomic E-state index is 10.3. The monoisotopic (exact) mass is 231 g/mol. The van der Waals surface area contributed by atoms with Crippen LogP contribution in [-0.4, -0.2) is 11.7 Å². The Morgan fingerprint density at radius 2 is 1.94 bits per heavy atom. The lowest BCUT2D eigenvalue weighted by Crippen LogP contribution is -2.35. The van der Waals surface area contributed by atoms with Gasteiger partial charge in [0.15, 0.2) is 0 Å². The van der Waals surface area contributed by atoms with Crippen LogP contribution in [0.4, 0.5) is 0 Å². The summed E-state index contributed by atoms with van der Waals surface area (Å²) in [5.41, 5.74) is 0.0420. The zero-order chi connectivity index (χ0) is 12.1. The zero-order valence-corrected chi connectivity index (χ0v) is 9.89. The molecule has 1 aromatic heterocycles. The maximum Gasteiger partial charge on any atom is 0.117 e. The molecule has 2 rings (SSSR count). The van der Waals surface area contributed by atoms with Crippen molar-refractivity contribution in [1.29, 1.82) is 0 Å². The molecule has 0 spiro atoms. The van der Waals surface area contributed by atoms with E-state index in [0.29, 0.717) is 13.1 Å². The van der Waals surface area contributed by atoms with E-state index in [9.17, 15) is 5.11 Å². The molecule has 0 saturated carbocycles. The van der Waals surface area contributed by atoms with Crippen LogP contribution in [0.2, 0.25) is 0 Å². The number of aliphatic hydroxyl groups is 1. The highest BCUT2D eigenvalue weighted by molar-refractivity contribution is 5.21. The molecule has 1 heterocycles. The molecule has 1 aromatic carbocycles. The Bertz CT molecular complexity index is 435. The predicted molar refractivity (Wildman–Crippen MR) is 66.4 cm³/mol. The second-order valence-electron chi connectivity index (χ2n) is 4.32. The van der Waals surface area contributed by atoms with Gasteiger partial charge in [0.1, 0.15) is 5.76 Å². The summed E-state index contributed by atoms with van der Waals surface area (Å²) >= 11 is 0. The van der Waals surface area contributed by atoms with E-state index in [1.165, 1.54) is 0 Å². The lowest BCUT2D eigenvalue weighted by Gasteiger charge is -2.24. The molecule has 0 radical (unpaired) electrons. The van der Waals surface area contributed by atoms with Gasteiger partial charge < -0.3 is 14.8 Å². The van der Waals surface area contributed by atoms with E-state index in [1.54, 1.807) is 13.2 Å². The summed E-state index contributed by atoms with van der Waals surface area (Å²) in [4.78, 5) is 0. The highest BCUT2D eigenvalue weighted by Gasteiger charge is 2.21. The number of hydrogen-bond donors (Lipinski definition) is 2. The normalized spacial score (nSPS) is 14.5. The molecule has 90 valence electrons. The van der Waals surface area contributed by atoms with Gasteiger partial charge in [0.25, 0.3) is 0 Å². The van der Waals surface area contributed by atoms with Crippen molar-refractivity contribution in [2.75, 3.05) is 6.54 Å². The van der Waals surface area contributed by atoms with Crippen LogP contribution in [0.5, 0.6) is 0 Å². The summed E-state index contributed by atoms with van der Waals surface area (Å²) in [5.74, 6) is 0.869. The molecule has 2 aromatic rings. The van der Waals surface area contributed by atoms with Gasteiger partial charge in [0.05, 0.1) is 18.4 Å². The first-order valence-corrected chi connectivity index (χ1v) is 5.69. The summed E-state index contributed by atoms with van der Waals surface area (Å²) in [6, 6.07) is 13.4. The van der Waals surface area contributed by atoms with Crippen molar-refractivity contribution in [3.8, 4) is 0 Å². The van der Waals surface area contributed by atoms with Crippen molar-refractivity contribution in [3.05, 3.63) is 60.1 Å². The third kappa shape index (κ3) is 3.19. The van der Waals surface area contributed by atoms with Crippen LogP contribution in [0.25, 0.3) is 0 Å². The van der Waals surface area contributed by atoms with E-state index in [1.807, 2.05) is 42.5 Å². The van der Waals surface area contributed by atoms with E-state index >= 15 is 0 Å². The van der Waals surface area contributed by atoms with Crippen LogP contribution < -0.4 is 5.32 Å². The van der Waals surface area contributed by atoms with Crippen molar-refractivity contribution in [3.63, 3.8) is 0 Å². The fourth-order valence-electron chi connectivity index (χ4n) is 1.74. The summed E-state index contributed by atoms with van der Waals surface area (Å²) in [5, 5.41) is 13.5. The summed E-state index contributed by atoms with van der Waals surface area (Å²) in [6.45, 7) is 2.91. The Labute approximate surface area is 101 Å². The molecule has 17 heavy (non-hydrogen) atoms. The van der Waals surface area contributed by atoms with Crippen LogP contribution in [0, 0.1) is 0 Å². The number of nitrogens with one attached hydrogen (secondary N) is 1. The molecular formula is C14H17NO2. The minimum atomic E-state index is -0.867. The zero-order valence-electron chi connectivity index (χ0n) is 9.89. The first kappa shape index (κ1) is 11.9. The molecule has 0 amide bonds. The van der Waals surface area contributed by atoms with Crippen LogP contribution in [0.1, 0.15) is 18.2 Å². The van der Waals surface area contributed by atoms with Crippen LogP contribution >= 0.6 is 0 Å². The molecule has 0 saturated heterocycles. The minimum Gasteiger partial charge on any atom is -0.468 e. The first-order chi connectivity index (χ1) is 8.18. The van der Waals surface area contributed by atoms with E-state index in [-0.39, 0.29) is 0 Å². The average molecular weight is 231 g/mol. The van der Waals surface area contributed by atoms with Gasteiger partial charge in [-0.1, -0.05) is 30.3 Å². The number of hydrogen-bond acceptors (Lipinski definition) is 3. The second-order valence-corrected chi connectivity index (χ2v) is 4.32. The molecule has 3 heteroatoms. The largest absolute Gasteiger partial charge is 0.468 e. The molecule has 2 N–H and O–H groups in total. The van der Waals surface area contributed by atoms with Gasteiger partial charge in [-0.05, 0) is 24.6 Å². The van der Waals surface area contributed by atoms with E-state index in [0.717, 1.165) is 11.3 Å². The SMILES string of the molecule is CC(O)(CNCc1ccco1)c1ccccc1. The topological polar surface area (TPSA) is 45.4 Å². The molecule has 0 aliphatic rings. The van der Waals surface area contributed by atoms with Gasteiger partial charge in [-0.2, -0.15) is 0 Å². The van der Waals surface area contributed by atoms with Crippen molar-refractivity contribution in [2.24, 2.45) is 0 Å². The van der Waals surface area contributed by atoms with Gasteiger partial charge in [0.2, 0.25) is 0 Å². The Morgan fingerprint density at radius 3 is 2.59 bits per heavy atom. The Morgan fingerprint density at radius 1 is 1.18 bits per heavy atom. The Kier molecular flexibility index (Phi) is 3.61. The van der Waals surface area contributed by atoms with E-state index in [4.69, 9.17) is 4.42 Å². The fraction of sp³-hybridized carbons (Fsp3) is 0.286. The van der Waals surface area contributed by atoms with Gasteiger partial charge >= 0.3 is 0 Å². The van der Waals surface area contributed by atoms with Crippen molar-refractivity contribution < 1.29 is 9.52 Å².